The Morgan fingerprint density at radius 2 is 2.23 bits per heavy atom. The Kier molecular flexibility index (Phi) is 2.77. The van der Waals surface area contributed by atoms with Crippen LogP contribution < -0.4 is 0 Å². The Bertz CT molecular complexity index is 414. The molecule has 0 aliphatic rings. The lowest BCUT2D eigenvalue weighted by atomic mass is 10.2. The average Bonchev–Trinajstić information content (AvgIpc) is 2.07. The topological polar surface area (TPSA) is 66.9 Å². The molecule has 4 nitrogen and oxygen atoms in total. The third kappa shape index (κ3) is 1.92. The number of hydrogen-bond donors (Lipinski definition) is 0. The molecule has 1 aromatic rings. The minimum Gasteiger partial charge on any atom is -0.258 e. The highest BCUT2D eigenvalue weighted by atomic mass is 127. The molecule has 0 saturated carbocycles. The summed E-state index contributed by atoms with van der Waals surface area (Å²) in [6.07, 6.45) is 0. The molecule has 0 radical (unpaired) electrons. The molecule has 0 heterocycles. The number of hydrogen-bond acceptors (Lipinski definition) is 3. The van der Waals surface area contributed by atoms with Crippen LogP contribution in [0.15, 0.2) is 12.1 Å². The van der Waals surface area contributed by atoms with E-state index in [1.165, 1.54) is 0 Å². The Balaban J connectivity index is 3.39. The maximum absolute atomic E-state index is 12.9. The van der Waals surface area contributed by atoms with Gasteiger partial charge in [-0.1, -0.05) is 0 Å². The van der Waals surface area contributed by atoms with Crippen LogP contribution in [0.3, 0.4) is 0 Å². The highest BCUT2D eigenvalue weighted by molar-refractivity contribution is 14.1. The van der Waals surface area contributed by atoms with E-state index in [2.05, 4.69) is 0 Å². The van der Waals surface area contributed by atoms with Crippen molar-refractivity contribution in [2.75, 3.05) is 0 Å². The first-order valence-corrected chi connectivity index (χ1v) is 4.17. The number of halogens is 2. The first-order valence-electron chi connectivity index (χ1n) is 3.10. The molecule has 0 spiro atoms. The summed E-state index contributed by atoms with van der Waals surface area (Å²) in [6, 6.07) is 3.63. The fourth-order valence-electron chi connectivity index (χ4n) is 0.762. The second-order valence-corrected chi connectivity index (χ2v) is 3.31. The standard InChI is InChI=1S/C7H2FIN2O2/c8-5-1-4(3-10)6(9)2-7(5)11(12)13/h1-2H. The van der Waals surface area contributed by atoms with Crippen molar-refractivity contribution in [3.05, 3.63) is 37.2 Å². The normalized spacial score (nSPS) is 9.31. The van der Waals surface area contributed by atoms with Gasteiger partial charge in [0, 0.05) is 9.64 Å². The van der Waals surface area contributed by atoms with Crippen LogP contribution in [-0.2, 0) is 0 Å². The minimum atomic E-state index is -0.984. The summed E-state index contributed by atoms with van der Waals surface area (Å²) in [7, 11) is 0. The van der Waals surface area contributed by atoms with Gasteiger partial charge in [0.25, 0.3) is 0 Å². The summed E-state index contributed by atoms with van der Waals surface area (Å²) >= 11 is 1.74. The molecular formula is C7H2FIN2O2. The molecule has 0 fully saturated rings. The van der Waals surface area contributed by atoms with Crippen LogP contribution >= 0.6 is 22.6 Å². The molecule has 0 N–H and O–H groups in total. The zero-order valence-electron chi connectivity index (χ0n) is 6.12. The van der Waals surface area contributed by atoms with Gasteiger partial charge in [-0.2, -0.15) is 9.65 Å². The third-order valence-corrected chi connectivity index (χ3v) is 2.25. The predicted octanol–water partition coefficient (Wildman–Crippen LogP) is 2.21. The van der Waals surface area contributed by atoms with Gasteiger partial charge in [-0.3, -0.25) is 10.1 Å². The Hall–Kier alpha value is -1.23. The second kappa shape index (κ2) is 3.66. The van der Waals surface area contributed by atoms with E-state index in [1.54, 1.807) is 28.7 Å². The van der Waals surface area contributed by atoms with Crippen LogP contribution in [0.5, 0.6) is 0 Å². The highest BCUT2D eigenvalue weighted by Crippen LogP contribution is 2.22. The van der Waals surface area contributed by atoms with Gasteiger partial charge >= 0.3 is 5.69 Å². The van der Waals surface area contributed by atoms with Crippen molar-refractivity contribution in [3.8, 4) is 6.07 Å². The first-order chi connectivity index (χ1) is 6.06. The Labute approximate surface area is 86.3 Å². The zero-order valence-corrected chi connectivity index (χ0v) is 8.28. The summed E-state index contributed by atoms with van der Waals surface area (Å²) in [5.41, 5.74) is -0.507. The maximum atomic E-state index is 12.9. The van der Waals surface area contributed by atoms with E-state index in [-0.39, 0.29) is 5.56 Å². The Morgan fingerprint density at radius 3 is 2.69 bits per heavy atom. The van der Waals surface area contributed by atoms with E-state index >= 15 is 0 Å². The molecule has 0 saturated heterocycles. The van der Waals surface area contributed by atoms with Gasteiger partial charge in [-0.25, -0.2) is 0 Å². The molecule has 0 unspecified atom stereocenters. The molecule has 0 atom stereocenters. The van der Waals surface area contributed by atoms with E-state index in [4.69, 9.17) is 5.26 Å². The highest BCUT2D eigenvalue weighted by Gasteiger charge is 2.16. The summed E-state index contributed by atoms with van der Waals surface area (Å²) in [5.74, 6) is -0.984. The predicted molar refractivity (Wildman–Crippen MR) is 50.5 cm³/mol. The average molecular weight is 292 g/mol. The van der Waals surface area contributed by atoms with Crippen molar-refractivity contribution < 1.29 is 9.31 Å². The third-order valence-electron chi connectivity index (χ3n) is 1.35. The second-order valence-electron chi connectivity index (χ2n) is 2.15. The number of benzene rings is 1. The van der Waals surface area contributed by atoms with Gasteiger partial charge in [-0.15, -0.1) is 0 Å². The van der Waals surface area contributed by atoms with Gasteiger partial charge in [0.2, 0.25) is 5.82 Å². The van der Waals surface area contributed by atoms with Crippen molar-refractivity contribution in [2.24, 2.45) is 0 Å². The molecule has 0 amide bonds. The van der Waals surface area contributed by atoms with Crippen LogP contribution in [0.25, 0.3) is 0 Å². The van der Waals surface area contributed by atoms with Crippen LogP contribution in [0, 0.1) is 30.8 Å². The zero-order chi connectivity index (χ0) is 10.0. The van der Waals surface area contributed by atoms with Gasteiger partial charge < -0.3 is 0 Å². The lowest BCUT2D eigenvalue weighted by Crippen LogP contribution is -1.95. The van der Waals surface area contributed by atoms with Crippen LogP contribution in [-0.4, -0.2) is 4.92 Å². The van der Waals surface area contributed by atoms with Gasteiger partial charge in [0.1, 0.15) is 6.07 Å². The van der Waals surface area contributed by atoms with Gasteiger partial charge in [0.05, 0.1) is 10.5 Å². The molecule has 0 aromatic heterocycles. The summed E-state index contributed by atoms with van der Waals surface area (Å²) < 4.78 is 13.2. The molecule has 6 heteroatoms. The van der Waals surface area contributed by atoms with Crippen molar-refractivity contribution in [1.82, 2.24) is 0 Å². The lowest BCUT2D eigenvalue weighted by molar-refractivity contribution is -0.387. The van der Waals surface area contributed by atoms with Crippen molar-refractivity contribution >= 4 is 28.3 Å². The smallest absolute Gasteiger partial charge is 0.258 e. The molecule has 0 bridgehead atoms. The van der Waals surface area contributed by atoms with Crippen LogP contribution in [0.1, 0.15) is 5.56 Å². The summed E-state index contributed by atoms with van der Waals surface area (Å²) in [6.45, 7) is 0. The van der Waals surface area contributed by atoms with E-state index < -0.39 is 16.4 Å². The van der Waals surface area contributed by atoms with Crippen LogP contribution in [0.4, 0.5) is 10.1 Å². The molecule has 13 heavy (non-hydrogen) atoms. The van der Waals surface area contributed by atoms with E-state index in [0.717, 1.165) is 12.1 Å². The number of nitriles is 1. The number of nitro groups is 1. The van der Waals surface area contributed by atoms with E-state index in [0.29, 0.717) is 3.57 Å². The molecule has 1 aromatic carbocycles. The molecule has 1 rings (SSSR count). The van der Waals surface area contributed by atoms with Crippen molar-refractivity contribution in [3.63, 3.8) is 0 Å². The largest absolute Gasteiger partial charge is 0.305 e. The number of rotatable bonds is 1. The lowest BCUT2D eigenvalue weighted by Gasteiger charge is -1.96. The van der Waals surface area contributed by atoms with Crippen molar-refractivity contribution in [2.45, 2.75) is 0 Å². The molecule has 66 valence electrons. The van der Waals surface area contributed by atoms with Crippen LogP contribution in [0.2, 0.25) is 0 Å². The fraction of sp³-hybridized carbons (Fsp3) is 0. The van der Waals surface area contributed by atoms with E-state index in [1.807, 2.05) is 0 Å². The summed E-state index contributed by atoms with van der Waals surface area (Å²) in [4.78, 5) is 9.43. The quantitative estimate of drug-likeness (QED) is 0.453. The van der Waals surface area contributed by atoms with Gasteiger partial charge in [-0.05, 0) is 28.7 Å². The SMILES string of the molecule is N#Cc1cc(F)c([N+](=O)[O-])cc1I. The number of nitrogens with zero attached hydrogens (tertiary/aromatic N) is 2. The van der Waals surface area contributed by atoms with Gasteiger partial charge in [0.15, 0.2) is 0 Å². The number of nitro benzene ring substituents is 1. The minimum absolute atomic E-state index is 0.101. The van der Waals surface area contributed by atoms with Crippen molar-refractivity contribution in [1.29, 1.82) is 5.26 Å². The summed E-state index contributed by atoms with van der Waals surface area (Å²) in [5, 5.41) is 18.7. The maximum Gasteiger partial charge on any atom is 0.305 e. The van der Waals surface area contributed by atoms with E-state index in [9.17, 15) is 14.5 Å². The molecular weight excluding hydrogens is 290 g/mol. The Morgan fingerprint density at radius 1 is 1.62 bits per heavy atom. The molecule has 0 aliphatic heterocycles. The molecule has 0 aliphatic carbocycles. The first kappa shape index (κ1) is 9.85. The fourth-order valence-corrected chi connectivity index (χ4v) is 1.33. The monoisotopic (exact) mass is 292 g/mol.